The fourth-order valence-electron chi connectivity index (χ4n) is 2.57. The number of hydrogen-bond acceptors (Lipinski definition) is 2. The summed E-state index contributed by atoms with van der Waals surface area (Å²) in [6.45, 7) is 4.40. The lowest BCUT2D eigenvalue weighted by Crippen LogP contribution is -2.17. The zero-order valence-electron chi connectivity index (χ0n) is 13.6. The molecule has 0 radical (unpaired) electrons. The van der Waals surface area contributed by atoms with E-state index in [0.29, 0.717) is 6.04 Å². The van der Waals surface area contributed by atoms with E-state index >= 15 is 0 Å². The van der Waals surface area contributed by atoms with Gasteiger partial charge in [-0.2, -0.15) is 0 Å². The first kappa shape index (κ1) is 15.4. The molecule has 0 aliphatic carbocycles. The predicted molar refractivity (Wildman–Crippen MR) is 93.4 cm³/mol. The zero-order chi connectivity index (χ0) is 15.2. The summed E-state index contributed by atoms with van der Waals surface area (Å²) < 4.78 is 0. The minimum Gasteiger partial charge on any atom is -0.383 e. The average molecular weight is 282 g/mol. The zero-order valence-corrected chi connectivity index (χ0v) is 13.6. The predicted octanol–water partition coefficient (Wildman–Crippen LogP) is 4.49. The van der Waals surface area contributed by atoms with E-state index < -0.39 is 0 Å². The maximum absolute atomic E-state index is 3.61. The number of anilines is 2. The summed E-state index contributed by atoms with van der Waals surface area (Å²) in [6, 6.07) is 17.7. The minimum atomic E-state index is 0.461. The number of rotatable bonds is 6. The average Bonchev–Trinajstić information content (AvgIpc) is 2.48. The Balaban J connectivity index is 1.93. The van der Waals surface area contributed by atoms with Crippen LogP contribution in [0.1, 0.15) is 24.5 Å². The maximum atomic E-state index is 3.61. The number of aryl methyl sites for hydroxylation is 2. The van der Waals surface area contributed by atoms with Gasteiger partial charge in [0.2, 0.25) is 0 Å². The first-order chi connectivity index (χ1) is 10.1. The Morgan fingerprint density at radius 2 is 1.76 bits per heavy atom. The summed E-state index contributed by atoms with van der Waals surface area (Å²) in [7, 11) is 4.18. The molecule has 0 amide bonds. The normalized spacial score (nSPS) is 12.0. The highest BCUT2D eigenvalue weighted by atomic mass is 15.1. The van der Waals surface area contributed by atoms with Gasteiger partial charge in [-0.3, -0.25) is 0 Å². The highest BCUT2D eigenvalue weighted by Crippen LogP contribution is 2.23. The fourth-order valence-corrected chi connectivity index (χ4v) is 2.57. The molecule has 2 aromatic rings. The molecule has 0 fully saturated rings. The van der Waals surface area contributed by atoms with E-state index in [-0.39, 0.29) is 0 Å². The van der Waals surface area contributed by atoms with Crippen molar-refractivity contribution in [2.24, 2.45) is 0 Å². The first-order valence-electron chi connectivity index (χ1n) is 7.64. The van der Waals surface area contributed by atoms with Crippen molar-refractivity contribution in [3.8, 4) is 0 Å². The van der Waals surface area contributed by atoms with Crippen LogP contribution in [0.3, 0.4) is 0 Å². The molecule has 0 saturated heterocycles. The third kappa shape index (κ3) is 4.52. The minimum absolute atomic E-state index is 0.461. The number of benzene rings is 2. The Bertz CT molecular complexity index is 561. The van der Waals surface area contributed by atoms with E-state index in [2.05, 4.69) is 86.7 Å². The molecule has 2 nitrogen and oxygen atoms in total. The lowest BCUT2D eigenvalue weighted by atomic mass is 10.1. The van der Waals surface area contributed by atoms with Crippen molar-refractivity contribution in [3.05, 3.63) is 59.7 Å². The van der Waals surface area contributed by atoms with Crippen molar-refractivity contribution in [2.75, 3.05) is 24.3 Å². The summed E-state index contributed by atoms with van der Waals surface area (Å²) >= 11 is 0. The van der Waals surface area contributed by atoms with Crippen LogP contribution in [0.5, 0.6) is 0 Å². The second-order valence-corrected chi connectivity index (χ2v) is 5.97. The van der Waals surface area contributed by atoms with Gasteiger partial charge in [-0.1, -0.05) is 36.4 Å². The molecule has 21 heavy (non-hydrogen) atoms. The van der Waals surface area contributed by atoms with Gasteiger partial charge in [-0.05, 0) is 49.9 Å². The molecule has 0 saturated carbocycles. The van der Waals surface area contributed by atoms with E-state index in [0.717, 1.165) is 12.8 Å². The van der Waals surface area contributed by atoms with Crippen molar-refractivity contribution in [1.82, 2.24) is 0 Å². The molecule has 0 aliphatic heterocycles. The Morgan fingerprint density at radius 3 is 2.43 bits per heavy atom. The second-order valence-electron chi connectivity index (χ2n) is 5.97. The maximum Gasteiger partial charge on any atom is 0.0411 e. The van der Waals surface area contributed by atoms with Crippen molar-refractivity contribution in [3.63, 3.8) is 0 Å². The fraction of sp³-hybridized carbons (Fsp3) is 0.368. The molecule has 1 unspecified atom stereocenters. The third-order valence-electron chi connectivity index (χ3n) is 3.81. The molecule has 1 atom stereocenters. The lowest BCUT2D eigenvalue weighted by molar-refractivity contribution is 0.706. The van der Waals surface area contributed by atoms with Gasteiger partial charge in [0.05, 0.1) is 0 Å². The van der Waals surface area contributed by atoms with Crippen LogP contribution < -0.4 is 10.2 Å². The van der Waals surface area contributed by atoms with Gasteiger partial charge in [-0.15, -0.1) is 0 Å². The van der Waals surface area contributed by atoms with E-state index in [1.165, 1.54) is 22.5 Å². The quantitative estimate of drug-likeness (QED) is 0.839. The van der Waals surface area contributed by atoms with E-state index in [1.54, 1.807) is 0 Å². The first-order valence-corrected chi connectivity index (χ1v) is 7.64. The Labute approximate surface area is 128 Å². The van der Waals surface area contributed by atoms with Crippen molar-refractivity contribution >= 4 is 11.4 Å². The monoisotopic (exact) mass is 282 g/mol. The van der Waals surface area contributed by atoms with Crippen LogP contribution in [0.25, 0.3) is 0 Å². The third-order valence-corrected chi connectivity index (χ3v) is 3.81. The molecule has 0 heterocycles. The number of nitrogens with one attached hydrogen (secondary N) is 1. The van der Waals surface area contributed by atoms with Crippen LogP contribution >= 0.6 is 0 Å². The summed E-state index contributed by atoms with van der Waals surface area (Å²) in [6.07, 6.45) is 2.25. The molecule has 2 rings (SSSR count). The van der Waals surface area contributed by atoms with Gasteiger partial charge in [0.25, 0.3) is 0 Å². The number of nitrogens with zero attached hydrogens (tertiary/aromatic N) is 1. The standard InChI is InChI=1S/C19H26N2/c1-15-10-13-18(14-19(15)21(3)4)20-16(2)11-12-17-8-6-5-7-9-17/h5-10,13-14,16,20H,11-12H2,1-4H3. The van der Waals surface area contributed by atoms with E-state index in [4.69, 9.17) is 0 Å². The van der Waals surface area contributed by atoms with Gasteiger partial charge in [0.15, 0.2) is 0 Å². The Kier molecular flexibility index (Phi) is 5.26. The van der Waals surface area contributed by atoms with Gasteiger partial charge in [-0.25, -0.2) is 0 Å². The van der Waals surface area contributed by atoms with Crippen LogP contribution in [-0.2, 0) is 6.42 Å². The van der Waals surface area contributed by atoms with Crippen LogP contribution in [0.2, 0.25) is 0 Å². The molecule has 0 bridgehead atoms. The number of hydrogen-bond donors (Lipinski definition) is 1. The van der Waals surface area contributed by atoms with Crippen molar-refractivity contribution in [2.45, 2.75) is 32.7 Å². The van der Waals surface area contributed by atoms with Crippen LogP contribution in [-0.4, -0.2) is 20.1 Å². The van der Waals surface area contributed by atoms with Crippen LogP contribution in [0, 0.1) is 6.92 Å². The van der Waals surface area contributed by atoms with Crippen molar-refractivity contribution < 1.29 is 0 Å². The van der Waals surface area contributed by atoms with Gasteiger partial charge in [0, 0.05) is 31.5 Å². The van der Waals surface area contributed by atoms with Crippen LogP contribution in [0.4, 0.5) is 11.4 Å². The van der Waals surface area contributed by atoms with Crippen molar-refractivity contribution in [1.29, 1.82) is 0 Å². The lowest BCUT2D eigenvalue weighted by Gasteiger charge is -2.20. The molecular formula is C19H26N2. The van der Waals surface area contributed by atoms with E-state index in [1.807, 2.05) is 0 Å². The van der Waals surface area contributed by atoms with Gasteiger partial charge in [0.1, 0.15) is 0 Å². The van der Waals surface area contributed by atoms with Gasteiger partial charge < -0.3 is 10.2 Å². The topological polar surface area (TPSA) is 15.3 Å². The Hall–Kier alpha value is -1.96. The largest absolute Gasteiger partial charge is 0.383 e. The smallest absolute Gasteiger partial charge is 0.0411 e. The SMILES string of the molecule is Cc1ccc(NC(C)CCc2ccccc2)cc1N(C)C. The Morgan fingerprint density at radius 1 is 1.05 bits per heavy atom. The van der Waals surface area contributed by atoms with Crippen LogP contribution in [0.15, 0.2) is 48.5 Å². The molecule has 112 valence electrons. The summed E-state index contributed by atoms with van der Waals surface area (Å²) in [4.78, 5) is 2.16. The molecule has 2 heteroatoms. The summed E-state index contributed by atoms with van der Waals surface area (Å²) in [5.41, 5.74) is 5.19. The molecule has 1 N–H and O–H groups in total. The van der Waals surface area contributed by atoms with E-state index in [9.17, 15) is 0 Å². The molecular weight excluding hydrogens is 256 g/mol. The molecule has 0 spiro atoms. The van der Waals surface area contributed by atoms with Gasteiger partial charge >= 0.3 is 0 Å². The molecule has 0 aromatic heterocycles. The molecule has 0 aliphatic rings. The highest BCUT2D eigenvalue weighted by Gasteiger charge is 2.06. The second kappa shape index (κ2) is 7.16. The molecule has 2 aromatic carbocycles. The summed E-state index contributed by atoms with van der Waals surface area (Å²) in [5.74, 6) is 0. The highest BCUT2D eigenvalue weighted by molar-refractivity contribution is 5.62. The summed E-state index contributed by atoms with van der Waals surface area (Å²) in [5, 5.41) is 3.61.